The number of nitrogens with one attached hydrogen (secondary N) is 1. The first-order valence-electron chi connectivity index (χ1n) is 7.66. The van der Waals surface area contributed by atoms with E-state index in [1.165, 1.54) is 50.8 Å². The van der Waals surface area contributed by atoms with E-state index in [0.29, 0.717) is 17.7 Å². The van der Waals surface area contributed by atoms with Gasteiger partial charge in [-0.2, -0.15) is 0 Å². The van der Waals surface area contributed by atoms with E-state index >= 15 is 0 Å². The number of rotatable bonds is 4. The fraction of sp³-hybridized carbons (Fsp3) is 0.667. The Morgan fingerprint density at radius 3 is 2.52 bits per heavy atom. The van der Waals surface area contributed by atoms with Gasteiger partial charge in [0, 0.05) is 6.07 Å². The maximum Gasteiger partial charge on any atom is 0.287 e. The lowest BCUT2D eigenvalue weighted by atomic mass is 9.77. The molecule has 1 aromatic heterocycles. The van der Waals surface area contributed by atoms with E-state index in [0.717, 1.165) is 13.1 Å². The van der Waals surface area contributed by atoms with Gasteiger partial charge in [-0.05, 0) is 44.2 Å². The molecular weight excluding hydrogens is 270 g/mol. The molecule has 0 unspecified atom stereocenters. The van der Waals surface area contributed by atoms with Crippen molar-refractivity contribution in [2.24, 2.45) is 5.41 Å². The molecule has 3 rings (SSSR count). The van der Waals surface area contributed by atoms with E-state index < -0.39 is 4.92 Å². The molecule has 1 spiro atoms. The Labute approximate surface area is 123 Å². The third-order valence-corrected chi connectivity index (χ3v) is 5.13. The van der Waals surface area contributed by atoms with Gasteiger partial charge in [-0.1, -0.05) is 12.8 Å². The van der Waals surface area contributed by atoms with Crippen LogP contribution in [0, 0.1) is 15.5 Å². The molecule has 1 aliphatic heterocycles. The number of aromatic nitrogens is 1. The first-order valence-corrected chi connectivity index (χ1v) is 7.66. The number of nitro groups is 1. The van der Waals surface area contributed by atoms with Crippen molar-refractivity contribution in [3.63, 3.8) is 0 Å². The van der Waals surface area contributed by atoms with Crippen molar-refractivity contribution < 1.29 is 9.72 Å². The number of hydrogen-bond acceptors (Lipinski definition) is 4. The molecule has 1 aromatic rings. The quantitative estimate of drug-likeness (QED) is 0.525. The van der Waals surface area contributed by atoms with Gasteiger partial charge in [-0.25, -0.2) is 0 Å². The number of aromatic amines is 1. The molecule has 0 radical (unpaired) electrons. The van der Waals surface area contributed by atoms with Crippen LogP contribution in [0.5, 0.6) is 0 Å². The Bertz CT molecular complexity index is 536. The Morgan fingerprint density at radius 1 is 1.29 bits per heavy atom. The zero-order valence-corrected chi connectivity index (χ0v) is 12.1. The summed E-state index contributed by atoms with van der Waals surface area (Å²) in [6.45, 7) is 2.29. The normalized spacial score (nSPS) is 21.7. The van der Waals surface area contributed by atoms with Gasteiger partial charge in [-0.3, -0.25) is 19.8 Å². The molecule has 1 saturated carbocycles. The predicted molar refractivity (Wildman–Crippen MR) is 78.4 cm³/mol. The SMILES string of the molecule is O=C(CN1CCC2(CCCC2)CC1)c1cc([N+](=O)[O-])c[nH]1. The highest BCUT2D eigenvalue weighted by molar-refractivity contribution is 5.96. The lowest BCUT2D eigenvalue weighted by Gasteiger charge is -2.39. The van der Waals surface area contributed by atoms with Crippen LogP contribution in [0.25, 0.3) is 0 Å². The fourth-order valence-corrected chi connectivity index (χ4v) is 3.75. The van der Waals surface area contributed by atoms with Crippen molar-refractivity contribution in [3.05, 3.63) is 28.1 Å². The molecule has 114 valence electrons. The average molecular weight is 291 g/mol. The number of carbonyl (C=O) groups is 1. The number of ketones is 1. The van der Waals surface area contributed by atoms with Crippen molar-refractivity contribution >= 4 is 11.5 Å². The predicted octanol–water partition coefficient (Wildman–Crippen LogP) is 2.76. The molecule has 1 saturated heterocycles. The molecule has 1 aliphatic carbocycles. The first-order chi connectivity index (χ1) is 10.1. The summed E-state index contributed by atoms with van der Waals surface area (Å²) in [5.41, 5.74) is 0.829. The van der Waals surface area contributed by atoms with E-state index in [1.807, 2.05) is 0 Å². The van der Waals surface area contributed by atoms with Gasteiger partial charge in [0.1, 0.15) is 0 Å². The van der Waals surface area contributed by atoms with Gasteiger partial charge >= 0.3 is 0 Å². The van der Waals surface area contributed by atoms with Gasteiger partial charge in [0.15, 0.2) is 5.78 Å². The second-order valence-corrected chi connectivity index (χ2v) is 6.44. The summed E-state index contributed by atoms with van der Waals surface area (Å²) in [7, 11) is 0. The Morgan fingerprint density at radius 2 is 1.95 bits per heavy atom. The zero-order chi connectivity index (χ0) is 14.9. The molecular formula is C15H21N3O3. The molecule has 0 bridgehead atoms. The third kappa shape index (κ3) is 3.00. The molecule has 6 nitrogen and oxygen atoms in total. The number of piperidine rings is 1. The molecule has 2 heterocycles. The smallest absolute Gasteiger partial charge is 0.287 e. The molecule has 0 amide bonds. The van der Waals surface area contributed by atoms with Crippen molar-refractivity contribution in [2.75, 3.05) is 19.6 Å². The minimum atomic E-state index is -0.488. The Kier molecular flexibility index (Phi) is 3.80. The maximum absolute atomic E-state index is 12.2. The summed E-state index contributed by atoms with van der Waals surface area (Å²) in [5.74, 6) is -0.0644. The summed E-state index contributed by atoms with van der Waals surface area (Å²) in [4.78, 5) is 27.2. The minimum absolute atomic E-state index is 0.0538. The lowest BCUT2D eigenvalue weighted by Crippen LogP contribution is -2.41. The second-order valence-electron chi connectivity index (χ2n) is 6.44. The number of carbonyl (C=O) groups excluding carboxylic acids is 1. The topological polar surface area (TPSA) is 79.2 Å². The van der Waals surface area contributed by atoms with Gasteiger partial charge in [0.25, 0.3) is 5.69 Å². The van der Waals surface area contributed by atoms with Crippen LogP contribution in [0.1, 0.15) is 49.0 Å². The average Bonchev–Trinajstić information content (AvgIpc) is 3.11. The monoisotopic (exact) mass is 291 g/mol. The number of Topliss-reactive ketones (excluding diaryl/α,β-unsaturated/α-hetero) is 1. The van der Waals surface area contributed by atoms with Crippen molar-refractivity contribution in [3.8, 4) is 0 Å². The largest absolute Gasteiger partial charge is 0.353 e. The third-order valence-electron chi connectivity index (χ3n) is 5.13. The minimum Gasteiger partial charge on any atom is -0.353 e. The van der Waals surface area contributed by atoms with Crippen LogP contribution in [0.4, 0.5) is 5.69 Å². The van der Waals surface area contributed by atoms with E-state index in [9.17, 15) is 14.9 Å². The molecule has 6 heteroatoms. The van der Waals surface area contributed by atoms with E-state index in [-0.39, 0.29) is 11.5 Å². The summed E-state index contributed by atoms with van der Waals surface area (Å²) in [6, 6.07) is 1.32. The van der Waals surface area contributed by atoms with Crippen molar-refractivity contribution in [1.29, 1.82) is 0 Å². The first kappa shape index (κ1) is 14.3. The summed E-state index contributed by atoms with van der Waals surface area (Å²) >= 11 is 0. The number of hydrogen-bond donors (Lipinski definition) is 1. The summed E-state index contributed by atoms with van der Waals surface area (Å²) < 4.78 is 0. The fourth-order valence-electron chi connectivity index (χ4n) is 3.75. The number of H-pyrrole nitrogens is 1. The lowest BCUT2D eigenvalue weighted by molar-refractivity contribution is -0.384. The van der Waals surface area contributed by atoms with Crippen molar-refractivity contribution in [2.45, 2.75) is 38.5 Å². The van der Waals surface area contributed by atoms with E-state index in [1.54, 1.807) is 0 Å². The number of nitrogens with zero attached hydrogens (tertiary/aromatic N) is 2. The second kappa shape index (κ2) is 5.60. The van der Waals surface area contributed by atoms with Gasteiger partial charge < -0.3 is 4.98 Å². The maximum atomic E-state index is 12.2. The highest BCUT2D eigenvalue weighted by Crippen LogP contribution is 2.46. The Hall–Kier alpha value is -1.69. The molecule has 0 atom stereocenters. The van der Waals surface area contributed by atoms with Crippen LogP contribution in [-0.4, -0.2) is 40.2 Å². The zero-order valence-electron chi connectivity index (χ0n) is 12.1. The van der Waals surface area contributed by atoms with Crippen LogP contribution in [0.2, 0.25) is 0 Å². The van der Waals surface area contributed by atoms with Crippen LogP contribution < -0.4 is 0 Å². The highest BCUT2D eigenvalue weighted by atomic mass is 16.6. The molecule has 2 aliphatic rings. The Balaban J connectivity index is 1.54. The number of likely N-dealkylation sites (tertiary alicyclic amines) is 1. The molecule has 1 N–H and O–H groups in total. The van der Waals surface area contributed by atoms with Gasteiger partial charge in [0.2, 0.25) is 0 Å². The van der Waals surface area contributed by atoms with Crippen LogP contribution in [0.3, 0.4) is 0 Å². The molecule has 2 fully saturated rings. The van der Waals surface area contributed by atoms with Crippen LogP contribution in [0.15, 0.2) is 12.3 Å². The molecule has 0 aromatic carbocycles. The van der Waals surface area contributed by atoms with Gasteiger partial charge in [0.05, 0.1) is 23.4 Å². The molecule has 21 heavy (non-hydrogen) atoms. The summed E-state index contributed by atoms with van der Waals surface area (Å²) in [6.07, 6.45) is 9.04. The summed E-state index contributed by atoms with van der Waals surface area (Å²) in [5, 5.41) is 10.6. The van der Waals surface area contributed by atoms with Crippen molar-refractivity contribution in [1.82, 2.24) is 9.88 Å². The van der Waals surface area contributed by atoms with Crippen LogP contribution in [-0.2, 0) is 0 Å². The van der Waals surface area contributed by atoms with E-state index in [4.69, 9.17) is 0 Å². The highest BCUT2D eigenvalue weighted by Gasteiger charge is 2.37. The van der Waals surface area contributed by atoms with Gasteiger partial charge in [-0.15, -0.1) is 0 Å². The van der Waals surface area contributed by atoms with Crippen LogP contribution >= 0.6 is 0 Å². The van der Waals surface area contributed by atoms with E-state index in [2.05, 4.69) is 9.88 Å². The standard InChI is InChI=1S/C15H21N3O3/c19-14(13-9-12(10-16-13)18(20)21)11-17-7-5-15(6-8-17)3-1-2-4-15/h9-10,16H,1-8,11H2.